The van der Waals surface area contributed by atoms with Crippen LogP contribution in [0.5, 0.6) is 0 Å². The van der Waals surface area contributed by atoms with E-state index in [2.05, 4.69) is 10.3 Å². The summed E-state index contributed by atoms with van der Waals surface area (Å²) in [6.45, 7) is 6.31. The van der Waals surface area contributed by atoms with Gasteiger partial charge >= 0.3 is 12.1 Å². The van der Waals surface area contributed by atoms with Crippen LogP contribution in [0.4, 0.5) is 13.2 Å². The zero-order chi connectivity index (χ0) is 29.8. The van der Waals surface area contributed by atoms with Crippen molar-refractivity contribution in [3.63, 3.8) is 0 Å². The van der Waals surface area contributed by atoms with Crippen molar-refractivity contribution in [3.05, 3.63) is 76.6 Å². The maximum Gasteiger partial charge on any atom is 0.416 e. The Hall–Kier alpha value is -2.93. The number of esters is 1. The second-order valence-electron chi connectivity index (χ2n) is 10.5. The van der Waals surface area contributed by atoms with Crippen LogP contribution in [0.25, 0.3) is 0 Å². The maximum absolute atomic E-state index is 14.2. The number of aromatic nitrogens is 3. The normalized spacial score (nSPS) is 18.8. The Kier molecular flexibility index (Phi) is 9.78. The van der Waals surface area contributed by atoms with Crippen LogP contribution < -0.4 is 0 Å². The van der Waals surface area contributed by atoms with Crippen LogP contribution in [0.15, 0.2) is 53.6 Å². The Morgan fingerprint density at radius 3 is 2.63 bits per heavy atom. The first kappa shape index (κ1) is 31.0. The number of hydrogen-bond donors (Lipinski definition) is 2. The number of halogens is 3. The topological polar surface area (TPSA) is 101 Å². The lowest BCUT2D eigenvalue weighted by atomic mass is 9.88. The molecule has 0 saturated carbocycles. The molecule has 1 aliphatic heterocycles. The molecular formula is C29H37F3N4O4S. The van der Waals surface area contributed by atoms with Crippen molar-refractivity contribution in [1.82, 2.24) is 19.3 Å². The summed E-state index contributed by atoms with van der Waals surface area (Å²) in [5.41, 5.74) is 1.12. The number of carbonyl (C=O) groups is 1. The second kappa shape index (κ2) is 12.9. The van der Waals surface area contributed by atoms with Gasteiger partial charge in [-0.05, 0) is 73.8 Å². The highest BCUT2D eigenvalue weighted by atomic mass is 32.3. The number of aryl methyl sites for hydroxylation is 2. The largest absolute Gasteiger partial charge is 0.466 e. The third-order valence-electron chi connectivity index (χ3n) is 7.34. The molecule has 0 saturated heterocycles. The molecule has 8 nitrogen and oxygen atoms in total. The number of nitrogens with zero attached hydrogens (tertiary/aromatic N) is 4. The van der Waals surface area contributed by atoms with E-state index in [0.29, 0.717) is 36.3 Å². The lowest BCUT2D eigenvalue weighted by Gasteiger charge is -2.43. The van der Waals surface area contributed by atoms with Crippen molar-refractivity contribution >= 4 is 16.7 Å². The SMILES string of the molecule is CCOC(=O)CC(CCc1cn(CC)nn1)c1ccc(C(F)(F)F)c(CN2CC(C)Cc3ccccc3S2(O)O)c1. The Labute approximate surface area is 240 Å². The van der Waals surface area contributed by atoms with Crippen molar-refractivity contribution < 1.29 is 31.8 Å². The summed E-state index contributed by atoms with van der Waals surface area (Å²) in [5.74, 6) is -0.898. The van der Waals surface area contributed by atoms with Gasteiger partial charge in [0.15, 0.2) is 0 Å². The minimum absolute atomic E-state index is 0.0100. The van der Waals surface area contributed by atoms with Gasteiger partial charge in [-0.3, -0.25) is 18.6 Å². The molecule has 4 rings (SSSR count). The number of benzene rings is 2. The lowest BCUT2D eigenvalue weighted by molar-refractivity contribution is -0.143. The van der Waals surface area contributed by atoms with E-state index in [-0.39, 0.29) is 37.6 Å². The van der Waals surface area contributed by atoms with E-state index in [1.165, 1.54) is 16.4 Å². The molecule has 2 atom stereocenters. The molecule has 2 N–H and O–H groups in total. The van der Waals surface area contributed by atoms with Gasteiger partial charge in [0.05, 0.1) is 29.2 Å². The third kappa shape index (κ3) is 7.48. The molecule has 12 heteroatoms. The smallest absolute Gasteiger partial charge is 0.416 e. The Morgan fingerprint density at radius 1 is 1.20 bits per heavy atom. The van der Waals surface area contributed by atoms with Gasteiger partial charge in [0, 0.05) is 25.8 Å². The number of rotatable bonds is 10. The third-order valence-corrected chi connectivity index (χ3v) is 9.33. The Morgan fingerprint density at radius 2 is 1.95 bits per heavy atom. The molecular weight excluding hydrogens is 557 g/mol. The molecule has 0 amide bonds. The van der Waals surface area contributed by atoms with Crippen molar-refractivity contribution in [2.75, 3.05) is 13.2 Å². The highest BCUT2D eigenvalue weighted by Crippen LogP contribution is 2.56. The van der Waals surface area contributed by atoms with Crippen LogP contribution in [0.3, 0.4) is 0 Å². The molecule has 224 valence electrons. The molecule has 1 aliphatic rings. The van der Waals surface area contributed by atoms with Gasteiger partial charge in [-0.1, -0.05) is 42.5 Å². The van der Waals surface area contributed by atoms with Gasteiger partial charge in [-0.25, -0.2) is 0 Å². The van der Waals surface area contributed by atoms with Crippen LogP contribution in [0, 0.1) is 5.92 Å². The summed E-state index contributed by atoms with van der Waals surface area (Å²) in [4.78, 5) is 12.8. The molecule has 0 fully saturated rings. The molecule has 0 aliphatic carbocycles. The molecule has 2 heterocycles. The first-order valence-corrected chi connectivity index (χ1v) is 15.3. The standard InChI is InChI=1S/C29H37F3N4O4S/c1-4-35-19-25(33-34-35)12-10-22(16-28(37)40-5-2)21-11-13-26(29(30,31)32)24(15-21)18-36-17-20(3)14-23-8-6-7-9-27(23)41(36,38)39/h6-9,11,13,15,19-20,22,38-39H,4-5,10,12,14,16-18H2,1-3H3. The highest BCUT2D eigenvalue weighted by molar-refractivity contribution is 8.22. The molecule has 0 spiro atoms. The summed E-state index contributed by atoms with van der Waals surface area (Å²) >= 11 is 0. The fraction of sp³-hybridized carbons (Fsp3) is 0.483. The summed E-state index contributed by atoms with van der Waals surface area (Å²) in [6.07, 6.45) is -1.36. The average molecular weight is 595 g/mol. The molecule has 0 radical (unpaired) electrons. The molecule has 41 heavy (non-hydrogen) atoms. The van der Waals surface area contributed by atoms with E-state index >= 15 is 0 Å². The quantitative estimate of drug-likeness (QED) is 0.252. The van der Waals surface area contributed by atoms with Crippen molar-refractivity contribution in [3.8, 4) is 0 Å². The van der Waals surface area contributed by atoms with Crippen molar-refractivity contribution in [1.29, 1.82) is 0 Å². The Balaban J connectivity index is 1.70. The summed E-state index contributed by atoms with van der Waals surface area (Å²) in [7, 11) is -3.54. The van der Waals surface area contributed by atoms with E-state index in [0.717, 1.165) is 17.3 Å². The van der Waals surface area contributed by atoms with Gasteiger partial charge in [0.25, 0.3) is 0 Å². The molecule has 1 aromatic heterocycles. The minimum Gasteiger partial charge on any atom is -0.466 e. The molecule has 3 aromatic rings. The van der Waals surface area contributed by atoms with Gasteiger partial charge in [-0.2, -0.15) is 17.5 Å². The summed E-state index contributed by atoms with van der Waals surface area (Å²) in [5, 5.41) is 8.18. The predicted octanol–water partition coefficient (Wildman–Crippen LogP) is 6.71. The van der Waals surface area contributed by atoms with Crippen LogP contribution >= 0.6 is 10.8 Å². The number of ether oxygens (including phenoxy) is 1. The van der Waals surface area contributed by atoms with Gasteiger partial charge in [0.1, 0.15) is 0 Å². The summed E-state index contributed by atoms with van der Waals surface area (Å²) < 4.78 is 73.5. The van der Waals surface area contributed by atoms with Gasteiger partial charge in [0.2, 0.25) is 0 Å². The highest BCUT2D eigenvalue weighted by Gasteiger charge is 2.37. The number of carbonyl (C=O) groups excluding carboxylic acids is 1. The van der Waals surface area contributed by atoms with Crippen LogP contribution in [0.1, 0.15) is 67.5 Å². The second-order valence-corrected chi connectivity index (χ2v) is 12.5. The van der Waals surface area contributed by atoms with E-state index in [1.54, 1.807) is 23.7 Å². The van der Waals surface area contributed by atoms with Crippen LogP contribution in [0.2, 0.25) is 0 Å². The van der Waals surface area contributed by atoms with E-state index in [9.17, 15) is 27.1 Å². The first-order chi connectivity index (χ1) is 19.4. The van der Waals surface area contributed by atoms with Gasteiger partial charge in [-0.15, -0.1) is 15.9 Å². The van der Waals surface area contributed by atoms with E-state index < -0.39 is 34.4 Å². The number of fused-ring (bicyclic) bond motifs is 1. The average Bonchev–Trinajstić information content (AvgIpc) is 3.35. The fourth-order valence-corrected chi connectivity index (χ4v) is 7.15. The van der Waals surface area contributed by atoms with E-state index in [4.69, 9.17) is 4.74 Å². The molecule has 0 bridgehead atoms. The zero-order valence-electron chi connectivity index (χ0n) is 23.5. The van der Waals surface area contributed by atoms with Gasteiger partial charge < -0.3 is 4.74 Å². The maximum atomic E-state index is 14.2. The van der Waals surface area contributed by atoms with Crippen molar-refractivity contribution in [2.45, 2.75) is 76.5 Å². The monoisotopic (exact) mass is 594 g/mol. The van der Waals surface area contributed by atoms with Crippen LogP contribution in [-0.4, -0.2) is 47.5 Å². The fourth-order valence-electron chi connectivity index (χ4n) is 5.33. The number of alkyl halides is 3. The lowest BCUT2D eigenvalue weighted by Crippen LogP contribution is -2.31. The Bertz CT molecular complexity index is 1350. The first-order valence-electron chi connectivity index (χ1n) is 13.8. The molecule has 2 unspecified atom stereocenters. The number of hydrogen-bond acceptors (Lipinski definition) is 7. The van der Waals surface area contributed by atoms with E-state index in [1.807, 2.05) is 32.2 Å². The van der Waals surface area contributed by atoms with Crippen molar-refractivity contribution in [2.24, 2.45) is 5.92 Å². The molecule has 2 aromatic carbocycles. The summed E-state index contributed by atoms with van der Waals surface area (Å²) in [6, 6.07) is 10.8. The minimum atomic E-state index is -4.65. The predicted molar refractivity (Wildman–Crippen MR) is 150 cm³/mol. The zero-order valence-corrected chi connectivity index (χ0v) is 24.3. The van der Waals surface area contributed by atoms with Crippen LogP contribution in [-0.2, 0) is 41.6 Å².